The molecule has 0 N–H and O–H groups in total. The number of hydrogen-bond donors (Lipinski definition) is 0. The summed E-state index contributed by atoms with van der Waals surface area (Å²) in [6, 6.07) is 13.1. The van der Waals surface area contributed by atoms with Gasteiger partial charge in [0.05, 0.1) is 6.10 Å². The van der Waals surface area contributed by atoms with Crippen molar-refractivity contribution in [3.05, 3.63) is 59.7 Å². The lowest BCUT2D eigenvalue weighted by Crippen LogP contribution is -2.03. The zero-order chi connectivity index (χ0) is 13.6. The second kappa shape index (κ2) is 4.32. The summed E-state index contributed by atoms with van der Waals surface area (Å²) in [5, 5.41) is 2.61. The fraction of sp³-hybridized carbons (Fsp3) is 0.263. The van der Waals surface area contributed by atoms with E-state index in [1.54, 1.807) is 0 Å². The van der Waals surface area contributed by atoms with Crippen molar-refractivity contribution >= 4 is 22.9 Å². The molecule has 1 unspecified atom stereocenters. The molecule has 0 radical (unpaired) electrons. The molecule has 1 nitrogen and oxygen atoms in total. The predicted molar refractivity (Wildman–Crippen MR) is 84.5 cm³/mol. The van der Waals surface area contributed by atoms with Crippen molar-refractivity contribution in [1.82, 2.24) is 0 Å². The van der Waals surface area contributed by atoms with E-state index >= 15 is 0 Å². The van der Waals surface area contributed by atoms with Crippen LogP contribution in [0.3, 0.4) is 0 Å². The first kappa shape index (κ1) is 11.9. The van der Waals surface area contributed by atoms with E-state index in [4.69, 9.17) is 4.74 Å². The van der Waals surface area contributed by atoms with E-state index in [0.717, 1.165) is 13.0 Å². The van der Waals surface area contributed by atoms with Crippen molar-refractivity contribution in [2.24, 2.45) is 5.41 Å². The second-order valence-corrected chi connectivity index (χ2v) is 5.76. The molecule has 0 heterocycles. The Hall–Kier alpha value is -1.86. The smallest absolute Gasteiger partial charge is 0.0713 e. The van der Waals surface area contributed by atoms with Crippen LogP contribution in [0.2, 0.25) is 0 Å². The van der Waals surface area contributed by atoms with Crippen LogP contribution < -0.4 is 0 Å². The van der Waals surface area contributed by atoms with Crippen molar-refractivity contribution in [1.29, 1.82) is 0 Å². The number of rotatable bonds is 2. The van der Waals surface area contributed by atoms with E-state index in [9.17, 15) is 0 Å². The van der Waals surface area contributed by atoms with Gasteiger partial charge in [0.25, 0.3) is 0 Å². The van der Waals surface area contributed by atoms with Gasteiger partial charge in [-0.25, -0.2) is 0 Å². The van der Waals surface area contributed by atoms with Crippen LogP contribution >= 0.6 is 0 Å². The summed E-state index contributed by atoms with van der Waals surface area (Å²) in [7, 11) is 0. The molecule has 4 rings (SSSR count). The first-order chi connectivity index (χ1) is 9.81. The highest BCUT2D eigenvalue weighted by molar-refractivity contribution is 5.89. The molecule has 0 aromatic heterocycles. The van der Waals surface area contributed by atoms with Crippen molar-refractivity contribution in [2.45, 2.75) is 19.4 Å². The minimum atomic E-state index is 0.140. The Kier molecular flexibility index (Phi) is 2.58. The maximum atomic E-state index is 5.78. The zero-order valence-corrected chi connectivity index (χ0v) is 11.7. The third-order valence-corrected chi connectivity index (χ3v) is 4.44. The van der Waals surface area contributed by atoms with Gasteiger partial charge < -0.3 is 4.74 Å². The van der Waals surface area contributed by atoms with Crippen LogP contribution in [-0.2, 0) is 4.74 Å². The maximum Gasteiger partial charge on any atom is 0.0713 e. The summed E-state index contributed by atoms with van der Waals surface area (Å²) < 4.78 is 5.78. The van der Waals surface area contributed by atoms with Crippen LogP contribution in [0.1, 0.15) is 24.5 Å². The average molecular weight is 262 g/mol. The quantitative estimate of drug-likeness (QED) is 0.764. The first-order valence-electron chi connectivity index (χ1n) is 7.34. The van der Waals surface area contributed by atoms with Gasteiger partial charge in [0.2, 0.25) is 0 Å². The average Bonchev–Trinajstić information content (AvgIpc) is 3.19. The van der Waals surface area contributed by atoms with Gasteiger partial charge in [-0.1, -0.05) is 48.6 Å². The minimum Gasteiger partial charge on any atom is -0.377 e. The molecule has 0 amide bonds. The van der Waals surface area contributed by atoms with Gasteiger partial charge in [0.1, 0.15) is 0 Å². The van der Waals surface area contributed by atoms with E-state index in [1.807, 2.05) is 0 Å². The second-order valence-electron chi connectivity index (χ2n) is 5.76. The molecule has 2 aromatic carbocycles. The Labute approximate surface area is 119 Å². The largest absolute Gasteiger partial charge is 0.377 e. The molecular formula is C19H18O. The van der Waals surface area contributed by atoms with Crippen LogP contribution in [0.5, 0.6) is 0 Å². The van der Waals surface area contributed by atoms with Gasteiger partial charge in [0.15, 0.2) is 0 Å². The zero-order valence-electron chi connectivity index (χ0n) is 11.7. The van der Waals surface area contributed by atoms with Gasteiger partial charge in [-0.15, -0.1) is 0 Å². The Morgan fingerprint density at radius 2 is 1.65 bits per heavy atom. The van der Waals surface area contributed by atoms with Gasteiger partial charge >= 0.3 is 0 Å². The molecule has 1 fully saturated rings. The van der Waals surface area contributed by atoms with Crippen LogP contribution in [0.4, 0.5) is 0 Å². The molecule has 2 aliphatic rings. The lowest BCUT2D eigenvalue weighted by atomic mass is 10.0. The molecule has 0 aliphatic heterocycles. The Morgan fingerprint density at radius 1 is 1.05 bits per heavy atom. The molecule has 1 atom stereocenters. The lowest BCUT2D eigenvalue weighted by molar-refractivity contribution is 0.117. The molecule has 2 aliphatic carbocycles. The minimum absolute atomic E-state index is 0.140. The summed E-state index contributed by atoms with van der Waals surface area (Å²) in [6.07, 6.45) is 10.7. The summed E-state index contributed by atoms with van der Waals surface area (Å²) in [5.74, 6) is 0. The third kappa shape index (κ3) is 1.82. The molecular weight excluding hydrogens is 244 g/mol. The van der Waals surface area contributed by atoms with Crippen molar-refractivity contribution in [2.75, 3.05) is 6.61 Å². The molecule has 1 heteroatoms. The highest BCUT2D eigenvalue weighted by Gasteiger charge is 2.51. The van der Waals surface area contributed by atoms with E-state index in [1.165, 1.54) is 21.9 Å². The molecule has 100 valence electrons. The van der Waals surface area contributed by atoms with Crippen molar-refractivity contribution in [3.8, 4) is 0 Å². The lowest BCUT2D eigenvalue weighted by Gasteiger charge is -2.05. The fourth-order valence-corrected chi connectivity index (χ4v) is 3.14. The molecule has 1 saturated carbocycles. The predicted octanol–water partition coefficient (Wildman–Crippen LogP) is 4.68. The summed E-state index contributed by atoms with van der Waals surface area (Å²) >= 11 is 0. The van der Waals surface area contributed by atoms with Gasteiger partial charge in [-0.2, -0.15) is 0 Å². The van der Waals surface area contributed by atoms with E-state index in [2.05, 4.69) is 67.6 Å². The van der Waals surface area contributed by atoms with Gasteiger partial charge in [-0.05, 0) is 47.4 Å². The fourth-order valence-electron chi connectivity index (χ4n) is 3.14. The number of benzene rings is 2. The Morgan fingerprint density at radius 3 is 2.20 bits per heavy atom. The van der Waals surface area contributed by atoms with E-state index in [0.29, 0.717) is 6.10 Å². The SMILES string of the molecule is CCOC1CC12C=Cc1cc3ccccc3cc1C=C2. The highest BCUT2D eigenvalue weighted by atomic mass is 16.5. The monoisotopic (exact) mass is 262 g/mol. The Bertz CT molecular complexity index is 671. The summed E-state index contributed by atoms with van der Waals surface area (Å²) in [5.41, 5.74) is 2.75. The normalized spacial score (nSPS) is 21.9. The van der Waals surface area contributed by atoms with E-state index < -0.39 is 0 Å². The third-order valence-electron chi connectivity index (χ3n) is 4.44. The molecule has 0 bridgehead atoms. The molecule has 20 heavy (non-hydrogen) atoms. The number of fused-ring (bicyclic) bond motifs is 2. The Balaban J connectivity index is 1.77. The molecule has 0 saturated heterocycles. The van der Waals surface area contributed by atoms with Crippen molar-refractivity contribution < 1.29 is 4.74 Å². The first-order valence-corrected chi connectivity index (χ1v) is 7.34. The van der Waals surface area contributed by atoms with Crippen LogP contribution in [-0.4, -0.2) is 12.7 Å². The molecule has 2 aromatic rings. The summed E-state index contributed by atoms with van der Waals surface area (Å²) in [6.45, 7) is 2.86. The molecule has 1 spiro atoms. The van der Waals surface area contributed by atoms with E-state index in [-0.39, 0.29) is 5.41 Å². The van der Waals surface area contributed by atoms with Crippen LogP contribution in [0.15, 0.2) is 48.6 Å². The maximum absolute atomic E-state index is 5.78. The number of ether oxygens (including phenoxy) is 1. The van der Waals surface area contributed by atoms with Crippen LogP contribution in [0, 0.1) is 5.41 Å². The highest BCUT2D eigenvalue weighted by Crippen LogP contribution is 2.52. The standard InChI is InChI=1S/C19H18O/c1-2-20-18-13-19(18)9-7-16-11-14-5-3-4-6-15(14)12-17(16)8-10-19/h3-12,18H,2,13H2,1H3. The van der Waals surface area contributed by atoms with Crippen molar-refractivity contribution in [3.63, 3.8) is 0 Å². The summed E-state index contributed by atoms with van der Waals surface area (Å²) in [4.78, 5) is 0. The van der Waals surface area contributed by atoms with Gasteiger partial charge in [0, 0.05) is 12.0 Å². The number of hydrogen-bond acceptors (Lipinski definition) is 1. The topological polar surface area (TPSA) is 9.23 Å². The van der Waals surface area contributed by atoms with Crippen LogP contribution in [0.25, 0.3) is 22.9 Å². The van der Waals surface area contributed by atoms with Gasteiger partial charge in [-0.3, -0.25) is 0 Å².